The molecule has 0 radical (unpaired) electrons. The van der Waals surface area contributed by atoms with Gasteiger partial charge in [-0.1, -0.05) is 31.7 Å². The number of nitrogens with zero attached hydrogens (tertiary/aromatic N) is 1. The van der Waals surface area contributed by atoms with Gasteiger partial charge in [0.05, 0.1) is 11.2 Å². The van der Waals surface area contributed by atoms with E-state index in [1.165, 1.54) is 25.7 Å². The van der Waals surface area contributed by atoms with E-state index in [0.29, 0.717) is 0 Å². The lowest BCUT2D eigenvalue weighted by atomic mass is 10.0. The number of nitrogen functional groups attached to an aromatic ring is 1. The molecule has 1 aliphatic rings. The average Bonchev–Trinajstić information content (AvgIpc) is 2.88. The molecule has 3 nitrogen and oxygen atoms in total. The van der Waals surface area contributed by atoms with E-state index in [2.05, 4.69) is 9.97 Å². The lowest BCUT2D eigenvalue weighted by Gasteiger charge is -2.04. The number of H-pyrrole nitrogens is 1. The molecule has 0 saturated heterocycles. The summed E-state index contributed by atoms with van der Waals surface area (Å²) in [6, 6.07) is 5.91. The second kappa shape index (κ2) is 3.81. The molecule has 2 aromatic rings. The molecule has 1 saturated carbocycles. The number of benzene rings is 1. The molecule has 3 heteroatoms. The quantitative estimate of drug-likeness (QED) is 0.757. The zero-order chi connectivity index (χ0) is 11.0. The average molecular weight is 215 g/mol. The summed E-state index contributed by atoms with van der Waals surface area (Å²) in [4.78, 5) is 7.97. The molecular weight excluding hydrogens is 198 g/mol. The monoisotopic (exact) mass is 215 g/mol. The Bertz CT molecular complexity index is 495. The molecule has 1 aromatic heterocycles. The molecule has 0 amide bonds. The Hall–Kier alpha value is -1.51. The van der Waals surface area contributed by atoms with Gasteiger partial charge >= 0.3 is 0 Å². The van der Waals surface area contributed by atoms with Gasteiger partial charge in [0, 0.05) is 6.42 Å². The summed E-state index contributed by atoms with van der Waals surface area (Å²) in [7, 11) is 0. The molecule has 1 heterocycles. The topological polar surface area (TPSA) is 54.7 Å². The number of hydrogen-bond acceptors (Lipinski definition) is 2. The van der Waals surface area contributed by atoms with Crippen LogP contribution in [-0.4, -0.2) is 9.97 Å². The van der Waals surface area contributed by atoms with E-state index in [1.54, 1.807) is 0 Å². The molecule has 0 atom stereocenters. The van der Waals surface area contributed by atoms with Crippen molar-refractivity contribution in [2.45, 2.75) is 32.1 Å². The van der Waals surface area contributed by atoms with Gasteiger partial charge in [-0.2, -0.15) is 0 Å². The van der Waals surface area contributed by atoms with Crippen molar-refractivity contribution < 1.29 is 0 Å². The number of fused-ring (bicyclic) bond motifs is 1. The molecule has 3 N–H and O–H groups in total. The number of aromatic nitrogens is 2. The number of nitrogens with two attached hydrogens (primary N) is 1. The zero-order valence-corrected chi connectivity index (χ0v) is 9.37. The minimum Gasteiger partial charge on any atom is -0.397 e. The summed E-state index contributed by atoms with van der Waals surface area (Å²) < 4.78 is 0. The molecule has 1 aromatic carbocycles. The van der Waals surface area contributed by atoms with Crippen molar-refractivity contribution in [1.82, 2.24) is 9.97 Å². The van der Waals surface area contributed by atoms with E-state index in [9.17, 15) is 0 Å². The van der Waals surface area contributed by atoms with Gasteiger partial charge in [-0.3, -0.25) is 0 Å². The number of nitrogens with one attached hydrogen (secondary N) is 1. The van der Waals surface area contributed by atoms with Crippen molar-refractivity contribution >= 4 is 16.7 Å². The largest absolute Gasteiger partial charge is 0.397 e. The Kier molecular flexibility index (Phi) is 2.31. The molecule has 0 unspecified atom stereocenters. The Balaban J connectivity index is 1.90. The van der Waals surface area contributed by atoms with Gasteiger partial charge in [-0.05, 0) is 18.1 Å². The zero-order valence-electron chi connectivity index (χ0n) is 9.37. The highest BCUT2D eigenvalue weighted by molar-refractivity contribution is 5.86. The third-order valence-corrected chi connectivity index (χ3v) is 3.55. The molecule has 1 fully saturated rings. The van der Waals surface area contributed by atoms with Crippen molar-refractivity contribution in [3.63, 3.8) is 0 Å². The van der Waals surface area contributed by atoms with Gasteiger partial charge < -0.3 is 10.7 Å². The highest BCUT2D eigenvalue weighted by Crippen LogP contribution is 2.28. The molecular formula is C13H17N3. The van der Waals surface area contributed by atoms with Gasteiger partial charge in [0.25, 0.3) is 0 Å². The van der Waals surface area contributed by atoms with E-state index < -0.39 is 0 Å². The van der Waals surface area contributed by atoms with Crippen molar-refractivity contribution in [3.05, 3.63) is 24.0 Å². The number of rotatable bonds is 2. The normalized spacial score (nSPS) is 17.2. The van der Waals surface area contributed by atoms with E-state index >= 15 is 0 Å². The van der Waals surface area contributed by atoms with Gasteiger partial charge in [0.15, 0.2) is 0 Å². The van der Waals surface area contributed by atoms with Crippen LogP contribution in [0.5, 0.6) is 0 Å². The van der Waals surface area contributed by atoms with Crippen LogP contribution in [0.25, 0.3) is 11.0 Å². The number of hydrogen-bond donors (Lipinski definition) is 2. The second-order valence-corrected chi connectivity index (χ2v) is 4.78. The second-order valence-electron chi connectivity index (χ2n) is 4.78. The Morgan fingerprint density at radius 3 is 2.88 bits per heavy atom. The van der Waals surface area contributed by atoms with Crippen molar-refractivity contribution in [3.8, 4) is 0 Å². The van der Waals surface area contributed by atoms with Crippen LogP contribution < -0.4 is 5.73 Å². The van der Waals surface area contributed by atoms with Gasteiger partial charge in [-0.15, -0.1) is 0 Å². The third-order valence-electron chi connectivity index (χ3n) is 3.55. The summed E-state index contributed by atoms with van der Waals surface area (Å²) in [5.74, 6) is 1.92. The predicted octanol–water partition coefficient (Wildman–Crippen LogP) is 2.88. The number of imidazole rings is 1. The van der Waals surface area contributed by atoms with E-state index in [1.807, 2.05) is 18.2 Å². The summed E-state index contributed by atoms with van der Waals surface area (Å²) in [6.45, 7) is 0. The molecule has 16 heavy (non-hydrogen) atoms. The van der Waals surface area contributed by atoms with E-state index in [-0.39, 0.29) is 0 Å². The summed E-state index contributed by atoms with van der Waals surface area (Å²) >= 11 is 0. The molecule has 3 rings (SSSR count). The summed E-state index contributed by atoms with van der Waals surface area (Å²) in [5.41, 5.74) is 8.65. The van der Waals surface area contributed by atoms with E-state index in [0.717, 1.165) is 34.9 Å². The fourth-order valence-corrected chi connectivity index (χ4v) is 2.69. The fraction of sp³-hybridized carbons (Fsp3) is 0.462. The molecule has 84 valence electrons. The summed E-state index contributed by atoms with van der Waals surface area (Å²) in [5, 5.41) is 0. The van der Waals surface area contributed by atoms with Crippen molar-refractivity contribution in [1.29, 1.82) is 0 Å². The SMILES string of the molecule is Nc1cccc2[nH]c(CC3CCCC3)nc12. The van der Waals surface area contributed by atoms with Gasteiger partial charge in [-0.25, -0.2) is 4.98 Å². The highest BCUT2D eigenvalue weighted by Gasteiger charge is 2.17. The summed E-state index contributed by atoms with van der Waals surface area (Å²) in [6.07, 6.45) is 6.55. The minimum absolute atomic E-state index is 0.770. The Labute approximate surface area is 95.1 Å². The first-order chi connectivity index (χ1) is 7.83. The maximum Gasteiger partial charge on any atom is 0.111 e. The van der Waals surface area contributed by atoms with E-state index in [4.69, 9.17) is 5.73 Å². The first kappa shape index (κ1) is 9.70. The van der Waals surface area contributed by atoms with Gasteiger partial charge in [0.2, 0.25) is 0 Å². The van der Waals surface area contributed by atoms with Crippen molar-refractivity contribution in [2.75, 3.05) is 5.73 Å². The highest BCUT2D eigenvalue weighted by atomic mass is 14.9. The lowest BCUT2D eigenvalue weighted by Crippen LogP contribution is -2.00. The molecule has 1 aliphatic carbocycles. The van der Waals surface area contributed by atoms with Crippen LogP contribution in [-0.2, 0) is 6.42 Å². The Morgan fingerprint density at radius 2 is 2.12 bits per heavy atom. The standard InChI is InChI=1S/C13H17N3/c14-10-6-3-7-11-13(10)16-12(15-11)8-9-4-1-2-5-9/h3,6-7,9H,1-2,4-5,8,14H2,(H,15,16). The number of para-hydroxylation sites is 1. The van der Waals surface area contributed by atoms with Crippen molar-refractivity contribution in [2.24, 2.45) is 5.92 Å². The minimum atomic E-state index is 0.770. The lowest BCUT2D eigenvalue weighted by molar-refractivity contribution is 0.534. The predicted molar refractivity (Wildman–Crippen MR) is 66.2 cm³/mol. The number of anilines is 1. The Morgan fingerprint density at radius 1 is 1.31 bits per heavy atom. The fourth-order valence-electron chi connectivity index (χ4n) is 2.69. The first-order valence-corrected chi connectivity index (χ1v) is 6.06. The maximum atomic E-state index is 5.90. The number of aromatic amines is 1. The third kappa shape index (κ3) is 1.66. The van der Waals surface area contributed by atoms with Gasteiger partial charge in [0.1, 0.15) is 11.3 Å². The first-order valence-electron chi connectivity index (χ1n) is 6.06. The molecule has 0 spiro atoms. The van der Waals surface area contributed by atoms with Crippen LogP contribution in [0, 0.1) is 5.92 Å². The maximum absolute atomic E-state index is 5.90. The van der Waals surface area contributed by atoms with Crippen LogP contribution in [0.2, 0.25) is 0 Å². The van der Waals surface area contributed by atoms with Crippen LogP contribution in [0.3, 0.4) is 0 Å². The van der Waals surface area contributed by atoms with Crippen LogP contribution >= 0.6 is 0 Å². The smallest absolute Gasteiger partial charge is 0.111 e. The molecule has 0 aliphatic heterocycles. The molecule has 0 bridgehead atoms. The van der Waals surface area contributed by atoms with Crippen LogP contribution in [0.4, 0.5) is 5.69 Å². The van der Waals surface area contributed by atoms with Crippen LogP contribution in [0.1, 0.15) is 31.5 Å². The van der Waals surface area contributed by atoms with Crippen LogP contribution in [0.15, 0.2) is 18.2 Å².